The van der Waals surface area contributed by atoms with E-state index in [1.54, 1.807) is 0 Å². The summed E-state index contributed by atoms with van der Waals surface area (Å²) in [5.74, 6) is -0.951. The van der Waals surface area contributed by atoms with Gasteiger partial charge in [-0.15, -0.1) is 0 Å². The van der Waals surface area contributed by atoms with E-state index in [2.05, 4.69) is 10.6 Å². The molecule has 0 aromatic carbocycles. The van der Waals surface area contributed by atoms with Crippen LogP contribution in [0.4, 0.5) is 4.79 Å². The molecule has 27 heavy (non-hydrogen) atoms. The molecule has 1 atom stereocenters. The molecule has 0 aromatic heterocycles. The molecule has 8 nitrogen and oxygen atoms in total. The van der Waals surface area contributed by atoms with Crippen LogP contribution in [-0.2, 0) is 19.1 Å². The number of nitrogens with zero attached hydrogens (tertiary/aromatic N) is 1. The van der Waals surface area contributed by atoms with Crippen LogP contribution in [0, 0.1) is 0 Å². The monoisotopic (exact) mass is 381 g/mol. The molecule has 152 valence electrons. The van der Waals surface area contributed by atoms with Gasteiger partial charge >= 0.3 is 6.09 Å². The Kier molecular flexibility index (Phi) is 8.97. The molecule has 0 aromatic rings. The Balaban J connectivity index is 2.14. The lowest BCUT2D eigenvalue weighted by Crippen LogP contribution is -2.39. The van der Waals surface area contributed by atoms with Crippen molar-refractivity contribution in [1.82, 2.24) is 15.5 Å². The van der Waals surface area contributed by atoms with E-state index in [1.165, 1.54) is 12.2 Å². The molecule has 1 aliphatic heterocycles. The highest BCUT2D eigenvalue weighted by molar-refractivity contribution is 6.13. The van der Waals surface area contributed by atoms with Crippen LogP contribution in [0.5, 0.6) is 0 Å². The number of imide groups is 1. The largest absolute Gasteiger partial charge is 0.444 e. The van der Waals surface area contributed by atoms with E-state index < -0.39 is 11.7 Å². The Labute approximate surface area is 160 Å². The van der Waals surface area contributed by atoms with Crippen molar-refractivity contribution in [2.75, 3.05) is 13.1 Å². The van der Waals surface area contributed by atoms with Crippen molar-refractivity contribution in [2.45, 2.75) is 71.4 Å². The first kappa shape index (κ1) is 22.7. The Morgan fingerprint density at radius 2 is 1.78 bits per heavy atom. The first-order valence-electron chi connectivity index (χ1n) is 9.42. The summed E-state index contributed by atoms with van der Waals surface area (Å²) in [7, 11) is 0. The topological polar surface area (TPSA) is 105 Å². The SMILES string of the molecule is CC[C@@H](CCCCNC(=O)CCN1C(=O)C=CC1=O)NC(=O)OC(C)(C)C. The fourth-order valence-corrected chi connectivity index (χ4v) is 2.55. The minimum Gasteiger partial charge on any atom is -0.444 e. The zero-order valence-electron chi connectivity index (χ0n) is 16.7. The second-order valence-corrected chi connectivity index (χ2v) is 7.51. The van der Waals surface area contributed by atoms with E-state index in [1.807, 2.05) is 27.7 Å². The van der Waals surface area contributed by atoms with Gasteiger partial charge in [0.05, 0.1) is 0 Å². The number of carbonyl (C=O) groups is 4. The Hall–Kier alpha value is -2.38. The molecule has 1 aliphatic rings. The van der Waals surface area contributed by atoms with Crippen LogP contribution in [-0.4, -0.2) is 53.4 Å². The van der Waals surface area contributed by atoms with Crippen LogP contribution in [0.1, 0.15) is 59.8 Å². The van der Waals surface area contributed by atoms with Gasteiger partial charge in [-0.3, -0.25) is 19.3 Å². The Bertz CT molecular complexity index is 562. The highest BCUT2D eigenvalue weighted by Crippen LogP contribution is 2.09. The average molecular weight is 381 g/mol. The van der Waals surface area contributed by atoms with Crippen LogP contribution in [0.2, 0.25) is 0 Å². The predicted molar refractivity (Wildman–Crippen MR) is 101 cm³/mol. The third-order valence-electron chi connectivity index (χ3n) is 3.98. The standard InChI is InChI=1S/C19H31N3O5/c1-5-14(21-18(26)27-19(2,3)4)8-6-7-12-20-15(23)11-13-22-16(24)9-10-17(22)25/h9-10,14H,5-8,11-13H2,1-4H3,(H,20,23)(H,21,26)/t14-/m0/s1. The molecular weight excluding hydrogens is 350 g/mol. The second kappa shape index (κ2) is 10.7. The highest BCUT2D eigenvalue weighted by Gasteiger charge is 2.23. The van der Waals surface area contributed by atoms with Gasteiger partial charge in [-0.2, -0.15) is 0 Å². The van der Waals surface area contributed by atoms with Crippen LogP contribution in [0.15, 0.2) is 12.2 Å². The maximum absolute atomic E-state index is 11.8. The predicted octanol–water partition coefficient (Wildman–Crippen LogP) is 1.89. The molecule has 0 bridgehead atoms. The van der Waals surface area contributed by atoms with E-state index >= 15 is 0 Å². The molecule has 0 aliphatic carbocycles. The van der Waals surface area contributed by atoms with Crippen molar-refractivity contribution < 1.29 is 23.9 Å². The molecule has 0 radical (unpaired) electrons. The molecule has 0 spiro atoms. The van der Waals surface area contributed by atoms with Crippen molar-refractivity contribution in [3.8, 4) is 0 Å². The second-order valence-electron chi connectivity index (χ2n) is 7.51. The first-order chi connectivity index (χ1) is 12.6. The summed E-state index contributed by atoms with van der Waals surface area (Å²) < 4.78 is 5.25. The number of alkyl carbamates (subject to hydrolysis) is 1. The van der Waals surface area contributed by atoms with Gasteiger partial charge in [-0.1, -0.05) is 6.92 Å². The van der Waals surface area contributed by atoms with Crippen molar-refractivity contribution in [1.29, 1.82) is 0 Å². The number of rotatable bonds is 10. The smallest absolute Gasteiger partial charge is 0.407 e. The highest BCUT2D eigenvalue weighted by atomic mass is 16.6. The van der Waals surface area contributed by atoms with Crippen LogP contribution < -0.4 is 10.6 Å². The lowest BCUT2D eigenvalue weighted by atomic mass is 10.1. The lowest BCUT2D eigenvalue weighted by molar-refractivity contribution is -0.137. The summed E-state index contributed by atoms with van der Waals surface area (Å²) in [5, 5.41) is 5.64. The number of amides is 4. The van der Waals surface area contributed by atoms with Gasteiger partial charge in [0.2, 0.25) is 5.91 Å². The summed E-state index contributed by atoms with van der Waals surface area (Å²) in [5.41, 5.74) is -0.521. The van der Waals surface area contributed by atoms with Gasteiger partial charge in [0.15, 0.2) is 0 Å². The molecule has 8 heteroatoms. The van der Waals surface area contributed by atoms with Crippen molar-refractivity contribution >= 4 is 23.8 Å². The number of hydrogen-bond acceptors (Lipinski definition) is 5. The zero-order valence-corrected chi connectivity index (χ0v) is 16.7. The lowest BCUT2D eigenvalue weighted by Gasteiger charge is -2.23. The van der Waals surface area contributed by atoms with Gasteiger partial charge in [0.25, 0.3) is 11.8 Å². The summed E-state index contributed by atoms with van der Waals surface area (Å²) >= 11 is 0. The molecular formula is C19H31N3O5. The summed E-state index contributed by atoms with van der Waals surface area (Å²) in [6, 6.07) is 0.0373. The first-order valence-corrected chi connectivity index (χ1v) is 9.42. The molecule has 1 rings (SSSR count). The number of nitrogens with one attached hydrogen (secondary N) is 2. The fraction of sp³-hybridized carbons (Fsp3) is 0.684. The maximum atomic E-state index is 11.8. The average Bonchev–Trinajstić information content (AvgIpc) is 2.88. The summed E-state index contributed by atoms with van der Waals surface area (Å²) in [4.78, 5) is 47.4. The molecule has 0 saturated carbocycles. The van der Waals surface area contributed by atoms with E-state index in [9.17, 15) is 19.2 Å². The van der Waals surface area contributed by atoms with E-state index in [-0.39, 0.29) is 36.7 Å². The van der Waals surface area contributed by atoms with Crippen molar-refractivity contribution in [3.63, 3.8) is 0 Å². The normalized spacial score (nSPS) is 15.0. The third-order valence-corrected chi connectivity index (χ3v) is 3.98. The quantitative estimate of drug-likeness (QED) is 0.444. The number of unbranched alkanes of at least 4 members (excludes halogenated alkanes) is 1. The maximum Gasteiger partial charge on any atom is 0.407 e. The van der Waals surface area contributed by atoms with Crippen molar-refractivity contribution in [2.24, 2.45) is 0 Å². The van der Waals surface area contributed by atoms with Crippen LogP contribution >= 0.6 is 0 Å². The number of carbonyl (C=O) groups excluding carboxylic acids is 4. The van der Waals surface area contributed by atoms with Crippen molar-refractivity contribution in [3.05, 3.63) is 12.2 Å². The van der Waals surface area contributed by atoms with Gasteiger partial charge < -0.3 is 15.4 Å². The van der Waals surface area contributed by atoms with E-state index in [0.29, 0.717) is 6.54 Å². The molecule has 0 fully saturated rings. The Morgan fingerprint density at radius 3 is 2.33 bits per heavy atom. The molecule has 2 N–H and O–H groups in total. The van der Waals surface area contributed by atoms with E-state index in [0.717, 1.165) is 30.6 Å². The minimum absolute atomic E-state index is 0.0373. The molecule has 0 unspecified atom stereocenters. The molecule has 1 heterocycles. The fourth-order valence-electron chi connectivity index (χ4n) is 2.55. The minimum atomic E-state index is -0.521. The van der Waals surface area contributed by atoms with Gasteiger partial charge in [0, 0.05) is 37.7 Å². The third kappa shape index (κ3) is 9.21. The van der Waals surface area contributed by atoms with Gasteiger partial charge in [-0.05, 0) is 46.5 Å². The van der Waals surface area contributed by atoms with Crippen LogP contribution in [0.3, 0.4) is 0 Å². The van der Waals surface area contributed by atoms with Crippen LogP contribution in [0.25, 0.3) is 0 Å². The Morgan fingerprint density at radius 1 is 1.15 bits per heavy atom. The zero-order chi connectivity index (χ0) is 20.4. The molecule has 0 saturated heterocycles. The number of ether oxygens (including phenoxy) is 1. The van der Waals surface area contributed by atoms with Gasteiger partial charge in [0.1, 0.15) is 5.60 Å². The van der Waals surface area contributed by atoms with Gasteiger partial charge in [-0.25, -0.2) is 4.79 Å². The summed E-state index contributed by atoms with van der Waals surface area (Å²) in [6.07, 6.45) is 5.32. The number of hydrogen-bond donors (Lipinski definition) is 2. The summed E-state index contributed by atoms with van der Waals surface area (Å²) in [6.45, 7) is 8.07. The van der Waals surface area contributed by atoms with E-state index in [4.69, 9.17) is 4.74 Å². The molecule has 4 amide bonds.